The topological polar surface area (TPSA) is 266 Å². The summed E-state index contributed by atoms with van der Waals surface area (Å²) in [7, 11) is -9.52. The average molecular weight is 799 g/mol. The number of aryl methyl sites for hydroxylation is 2. The Morgan fingerprint density at radius 1 is 0.482 bits per heavy atom. The molecule has 0 radical (unpaired) electrons. The molecule has 0 saturated heterocycles. The van der Waals surface area contributed by atoms with Gasteiger partial charge in [0, 0.05) is 33.3 Å². The van der Waals surface area contributed by atoms with Crippen molar-refractivity contribution in [1.29, 1.82) is 0 Å². The first-order valence-electron chi connectivity index (χ1n) is 16.2. The van der Waals surface area contributed by atoms with Gasteiger partial charge >= 0.3 is 11.8 Å². The minimum Gasteiger partial charge on any atom is -0.506 e. The number of carbonyl (C=O) groups excluding carboxylic acids is 4. The molecule has 6 aromatic carbocycles. The predicted octanol–water partition coefficient (Wildman–Crippen LogP) is 5.60. The first-order valence-corrected chi connectivity index (χ1v) is 19.1. The number of amides is 4. The number of aromatic hydroxyl groups is 2. The number of phenolic OH excluding ortho intramolecular Hbond substituents is 2. The van der Waals surface area contributed by atoms with Crippen LogP contribution in [0.1, 0.15) is 31.8 Å². The highest BCUT2D eigenvalue weighted by atomic mass is 32.2. The monoisotopic (exact) mass is 798 g/mol. The molecular weight excluding hydrogens is 769 g/mol. The first kappa shape index (κ1) is 38.9. The minimum atomic E-state index is -4.76. The van der Waals surface area contributed by atoms with Gasteiger partial charge in [0.15, 0.2) is 0 Å². The minimum absolute atomic E-state index is 0.0167. The average Bonchev–Trinajstić information content (AvgIpc) is 3.12. The molecule has 0 fully saturated rings. The quantitative estimate of drug-likeness (QED) is 0.0691. The summed E-state index contributed by atoms with van der Waals surface area (Å²) >= 11 is 0. The van der Waals surface area contributed by atoms with E-state index in [9.17, 15) is 55.3 Å². The number of rotatable bonds is 8. The van der Waals surface area contributed by atoms with Crippen molar-refractivity contribution in [3.63, 3.8) is 0 Å². The van der Waals surface area contributed by atoms with Crippen molar-refractivity contribution >= 4 is 88.2 Å². The fourth-order valence-corrected chi connectivity index (χ4v) is 7.12. The summed E-state index contributed by atoms with van der Waals surface area (Å²) in [5.74, 6) is -4.89. The van der Waals surface area contributed by atoms with Crippen LogP contribution in [0.4, 0.5) is 22.7 Å². The molecule has 18 heteroatoms. The molecule has 8 N–H and O–H groups in total. The maximum absolute atomic E-state index is 13.2. The lowest BCUT2D eigenvalue weighted by Crippen LogP contribution is -2.29. The molecule has 0 saturated carbocycles. The number of hydrogen-bond donors (Lipinski definition) is 8. The van der Waals surface area contributed by atoms with Gasteiger partial charge in [0.2, 0.25) is 0 Å². The number of nitrogens with one attached hydrogen (secondary N) is 4. The maximum atomic E-state index is 13.2. The Morgan fingerprint density at radius 2 is 0.857 bits per heavy atom. The second-order valence-electron chi connectivity index (χ2n) is 12.5. The molecule has 0 aliphatic carbocycles. The molecule has 0 atom stereocenters. The normalized spacial score (nSPS) is 11.6. The summed E-state index contributed by atoms with van der Waals surface area (Å²) in [4.78, 5) is 50.6. The Morgan fingerprint density at radius 3 is 1.20 bits per heavy atom. The van der Waals surface area contributed by atoms with Crippen LogP contribution < -0.4 is 21.3 Å². The van der Waals surface area contributed by atoms with Crippen molar-refractivity contribution in [2.75, 3.05) is 21.3 Å². The Bertz CT molecular complexity index is 2700. The van der Waals surface area contributed by atoms with Crippen LogP contribution >= 0.6 is 0 Å². The highest BCUT2D eigenvalue weighted by Gasteiger charge is 2.23. The Kier molecular flexibility index (Phi) is 10.2. The van der Waals surface area contributed by atoms with Gasteiger partial charge < -0.3 is 31.5 Å². The molecule has 0 heterocycles. The lowest BCUT2D eigenvalue weighted by molar-refractivity contribution is -0.133. The third kappa shape index (κ3) is 7.84. The van der Waals surface area contributed by atoms with E-state index in [4.69, 9.17) is 0 Å². The van der Waals surface area contributed by atoms with Crippen molar-refractivity contribution in [3.05, 3.63) is 119 Å². The van der Waals surface area contributed by atoms with E-state index in [1.807, 2.05) is 0 Å². The van der Waals surface area contributed by atoms with E-state index < -0.39 is 65.2 Å². The largest absolute Gasteiger partial charge is 0.506 e. The van der Waals surface area contributed by atoms with Crippen LogP contribution in [0.2, 0.25) is 0 Å². The fourth-order valence-electron chi connectivity index (χ4n) is 5.94. The number of phenols is 2. The van der Waals surface area contributed by atoms with Crippen LogP contribution in [0.25, 0.3) is 21.5 Å². The van der Waals surface area contributed by atoms with Gasteiger partial charge in [0.1, 0.15) is 21.3 Å². The van der Waals surface area contributed by atoms with Gasteiger partial charge in [-0.15, -0.1) is 0 Å². The molecule has 286 valence electrons. The van der Waals surface area contributed by atoms with Gasteiger partial charge in [-0.25, -0.2) is 0 Å². The van der Waals surface area contributed by atoms with Gasteiger partial charge in [0.05, 0.1) is 11.4 Å². The van der Waals surface area contributed by atoms with Gasteiger partial charge in [-0.05, 0) is 96.4 Å². The summed E-state index contributed by atoms with van der Waals surface area (Å²) in [5, 5.41) is 32.1. The van der Waals surface area contributed by atoms with E-state index in [0.717, 1.165) is 12.1 Å². The number of anilines is 4. The number of hydrogen-bond acceptors (Lipinski definition) is 10. The molecule has 0 aromatic heterocycles. The van der Waals surface area contributed by atoms with E-state index in [0.29, 0.717) is 21.9 Å². The SMILES string of the molecule is Cc1cc(C(=O)Nc2cccc3ccc(S(=O)(=O)O)c(O)c23)ccc1NC(=O)C(=O)Nc1ccc(C(=O)Nc2cccc3ccc(S(=O)(=O)O)c(O)c23)cc1C. The van der Waals surface area contributed by atoms with Gasteiger partial charge in [0.25, 0.3) is 32.1 Å². The van der Waals surface area contributed by atoms with Crippen molar-refractivity contribution in [3.8, 4) is 11.5 Å². The van der Waals surface area contributed by atoms with Crippen molar-refractivity contribution in [2.24, 2.45) is 0 Å². The smallest absolute Gasteiger partial charge is 0.314 e. The zero-order valence-electron chi connectivity index (χ0n) is 29.1. The van der Waals surface area contributed by atoms with E-state index in [1.165, 1.54) is 60.7 Å². The summed E-state index contributed by atoms with van der Waals surface area (Å²) in [5.41, 5.74) is 1.56. The number of carbonyl (C=O) groups is 4. The third-order valence-electron chi connectivity index (χ3n) is 8.69. The summed E-state index contributed by atoms with van der Waals surface area (Å²) in [6.45, 7) is 3.15. The van der Waals surface area contributed by atoms with E-state index in [2.05, 4.69) is 21.3 Å². The van der Waals surface area contributed by atoms with Gasteiger partial charge in [-0.1, -0.05) is 36.4 Å². The van der Waals surface area contributed by atoms with Crippen LogP contribution in [0.15, 0.2) is 107 Å². The van der Waals surface area contributed by atoms with E-state index >= 15 is 0 Å². The second-order valence-corrected chi connectivity index (χ2v) is 15.2. The highest BCUT2D eigenvalue weighted by molar-refractivity contribution is 7.86. The lowest BCUT2D eigenvalue weighted by atomic mass is 10.1. The molecule has 0 unspecified atom stereocenters. The summed E-state index contributed by atoms with van der Waals surface area (Å²) in [6, 6.07) is 22.3. The second kappa shape index (κ2) is 14.8. The molecular formula is C38H30N4O12S2. The maximum Gasteiger partial charge on any atom is 0.314 e. The van der Waals surface area contributed by atoms with Crippen LogP contribution in [0.5, 0.6) is 11.5 Å². The molecule has 0 aliphatic rings. The molecule has 56 heavy (non-hydrogen) atoms. The fraction of sp³-hybridized carbons (Fsp3) is 0.0526. The molecule has 0 bridgehead atoms. The summed E-state index contributed by atoms with van der Waals surface area (Å²) in [6.07, 6.45) is 0. The summed E-state index contributed by atoms with van der Waals surface area (Å²) < 4.78 is 65.8. The van der Waals surface area contributed by atoms with Crippen molar-refractivity contribution < 1.29 is 55.3 Å². The Balaban J connectivity index is 1.12. The zero-order chi connectivity index (χ0) is 40.7. The molecule has 0 spiro atoms. The van der Waals surface area contributed by atoms with Crippen LogP contribution in [-0.2, 0) is 29.8 Å². The van der Waals surface area contributed by atoms with Crippen LogP contribution in [-0.4, -0.2) is 59.8 Å². The first-order chi connectivity index (χ1) is 26.3. The lowest BCUT2D eigenvalue weighted by Gasteiger charge is -2.14. The molecule has 4 amide bonds. The van der Waals surface area contributed by atoms with Crippen LogP contribution in [0.3, 0.4) is 0 Å². The predicted molar refractivity (Wildman–Crippen MR) is 206 cm³/mol. The zero-order valence-corrected chi connectivity index (χ0v) is 30.7. The van der Waals surface area contributed by atoms with Gasteiger partial charge in [-0.2, -0.15) is 16.8 Å². The number of benzene rings is 6. The standard InChI is InChI=1S/C38H30N4O12S2/c1-19-17-23(35(45)41-27-7-3-5-21-11-15-29(55(49,50)51)33(43)31(21)27)9-13-25(19)39-37(47)38(48)40-26-14-10-24(18-20(26)2)36(46)42-28-8-4-6-22-12-16-30(56(52,53)54)34(44)32(22)28/h3-18,43-44H,1-2H3,(H,39,47)(H,40,48)(H,41,45)(H,42,46)(H,49,50,51)(H,52,53,54). The molecule has 0 aliphatic heterocycles. The van der Waals surface area contributed by atoms with Crippen molar-refractivity contribution in [2.45, 2.75) is 23.6 Å². The third-order valence-corrected chi connectivity index (χ3v) is 10.5. The number of fused-ring (bicyclic) bond motifs is 2. The molecule has 6 rings (SSSR count). The molecule has 6 aromatic rings. The van der Waals surface area contributed by atoms with Crippen LogP contribution in [0, 0.1) is 13.8 Å². The Labute approximate surface area is 318 Å². The highest BCUT2D eigenvalue weighted by Crippen LogP contribution is 2.38. The van der Waals surface area contributed by atoms with Gasteiger partial charge in [-0.3, -0.25) is 28.3 Å². The van der Waals surface area contributed by atoms with Crippen molar-refractivity contribution in [1.82, 2.24) is 0 Å². The Hall–Kier alpha value is -6.86. The van der Waals surface area contributed by atoms with E-state index in [1.54, 1.807) is 38.1 Å². The van der Waals surface area contributed by atoms with E-state index in [-0.39, 0.29) is 44.6 Å². The molecule has 16 nitrogen and oxygen atoms in total.